The molecule has 5 heteroatoms. The Labute approximate surface area is 147 Å². The molecular formula is C19H16ClNO2S. The maximum atomic E-state index is 13.1. The Morgan fingerprint density at radius 2 is 1.42 bits per heavy atom. The molecule has 0 saturated heterocycles. The van der Waals surface area contributed by atoms with Crippen molar-refractivity contribution >= 4 is 27.3 Å². The van der Waals surface area contributed by atoms with E-state index in [9.17, 15) is 8.42 Å². The van der Waals surface area contributed by atoms with Gasteiger partial charge in [0.1, 0.15) is 0 Å². The Bertz CT molecular complexity index is 912. The van der Waals surface area contributed by atoms with Gasteiger partial charge in [-0.05, 0) is 35.9 Å². The maximum Gasteiger partial charge on any atom is 0.264 e. The van der Waals surface area contributed by atoms with Crippen molar-refractivity contribution in [3.05, 3.63) is 95.5 Å². The van der Waals surface area contributed by atoms with E-state index in [-0.39, 0.29) is 11.4 Å². The standard InChI is InChI=1S/C19H16ClNO2S/c20-17-10-7-11-18(14-17)21(15-16-8-3-1-4-9-16)24(22,23)19-12-5-2-6-13-19/h1-14H,15H2. The highest BCUT2D eigenvalue weighted by molar-refractivity contribution is 7.92. The first-order valence-electron chi connectivity index (χ1n) is 7.45. The fourth-order valence-corrected chi connectivity index (χ4v) is 4.07. The SMILES string of the molecule is O=S(=O)(c1ccccc1)N(Cc1ccccc1)c1cccc(Cl)c1. The van der Waals surface area contributed by atoms with Crippen LogP contribution in [-0.4, -0.2) is 8.42 Å². The van der Waals surface area contributed by atoms with Crippen LogP contribution >= 0.6 is 11.6 Å². The Balaban J connectivity index is 2.08. The minimum absolute atomic E-state index is 0.235. The normalized spacial score (nSPS) is 11.2. The van der Waals surface area contributed by atoms with Crippen LogP contribution in [0.3, 0.4) is 0 Å². The van der Waals surface area contributed by atoms with Gasteiger partial charge in [-0.3, -0.25) is 4.31 Å². The van der Waals surface area contributed by atoms with E-state index in [0.29, 0.717) is 10.7 Å². The Morgan fingerprint density at radius 1 is 0.792 bits per heavy atom. The number of anilines is 1. The van der Waals surface area contributed by atoms with Crippen LogP contribution in [0.15, 0.2) is 89.8 Å². The molecule has 0 atom stereocenters. The average molecular weight is 358 g/mol. The highest BCUT2D eigenvalue weighted by Gasteiger charge is 2.25. The van der Waals surface area contributed by atoms with Gasteiger partial charge in [-0.1, -0.05) is 66.2 Å². The van der Waals surface area contributed by atoms with Crippen molar-refractivity contribution in [2.75, 3.05) is 4.31 Å². The lowest BCUT2D eigenvalue weighted by Gasteiger charge is -2.25. The molecule has 0 fully saturated rings. The lowest BCUT2D eigenvalue weighted by atomic mass is 10.2. The zero-order valence-electron chi connectivity index (χ0n) is 12.8. The summed E-state index contributed by atoms with van der Waals surface area (Å²) in [7, 11) is -3.69. The molecule has 3 rings (SSSR count). The van der Waals surface area contributed by atoms with E-state index in [4.69, 9.17) is 11.6 Å². The van der Waals surface area contributed by atoms with Gasteiger partial charge in [-0.25, -0.2) is 8.42 Å². The van der Waals surface area contributed by atoms with Crippen molar-refractivity contribution in [2.24, 2.45) is 0 Å². The molecule has 0 amide bonds. The molecule has 0 N–H and O–H groups in total. The Hall–Kier alpha value is -2.30. The molecule has 3 aromatic carbocycles. The lowest BCUT2D eigenvalue weighted by Crippen LogP contribution is -2.30. The summed E-state index contributed by atoms with van der Waals surface area (Å²) in [6, 6.07) is 24.8. The molecular weight excluding hydrogens is 342 g/mol. The van der Waals surface area contributed by atoms with Gasteiger partial charge in [0.25, 0.3) is 10.0 Å². The van der Waals surface area contributed by atoms with Gasteiger partial charge in [0.2, 0.25) is 0 Å². The second-order valence-corrected chi connectivity index (χ2v) is 7.59. The summed E-state index contributed by atoms with van der Waals surface area (Å²) in [5.74, 6) is 0. The molecule has 0 aliphatic heterocycles. The summed E-state index contributed by atoms with van der Waals surface area (Å²) < 4.78 is 27.6. The fourth-order valence-electron chi connectivity index (χ4n) is 2.42. The third-order valence-corrected chi connectivity index (χ3v) is 5.62. The monoisotopic (exact) mass is 357 g/mol. The van der Waals surface area contributed by atoms with Crippen LogP contribution in [0, 0.1) is 0 Å². The van der Waals surface area contributed by atoms with Crippen LogP contribution in [0.1, 0.15) is 5.56 Å². The van der Waals surface area contributed by atoms with E-state index in [2.05, 4.69) is 0 Å². The number of rotatable bonds is 5. The summed E-state index contributed by atoms with van der Waals surface area (Å²) >= 11 is 6.07. The van der Waals surface area contributed by atoms with Crippen LogP contribution in [0.4, 0.5) is 5.69 Å². The van der Waals surface area contributed by atoms with Gasteiger partial charge in [0.05, 0.1) is 17.1 Å². The van der Waals surface area contributed by atoms with Crippen LogP contribution in [-0.2, 0) is 16.6 Å². The molecule has 0 radical (unpaired) electrons. The lowest BCUT2D eigenvalue weighted by molar-refractivity contribution is 0.590. The third kappa shape index (κ3) is 3.61. The fraction of sp³-hybridized carbons (Fsp3) is 0.0526. The van der Waals surface area contributed by atoms with E-state index in [1.807, 2.05) is 30.3 Å². The summed E-state index contributed by atoms with van der Waals surface area (Å²) in [6.45, 7) is 0.235. The molecule has 0 heterocycles. The first-order valence-corrected chi connectivity index (χ1v) is 9.26. The van der Waals surface area contributed by atoms with Crippen molar-refractivity contribution in [2.45, 2.75) is 11.4 Å². The van der Waals surface area contributed by atoms with E-state index < -0.39 is 10.0 Å². The summed E-state index contributed by atoms with van der Waals surface area (Å²) in [5, 5.41) is 0.494. The van der Waals surface area contributed by atoms with Gasteiger partial charge in [0.15, 0.2) is 0 Å². The van der Waals surface area contributed by atoms with E-state index in [1.54, 1.807) is 54.6 Å². The molecule has 0 bridgehead atoms. The first-order chi connectivity index (χ1) is 11.6. The van der Waals surface area contributed by atoms with Crippen molar-refractivity contribution < 1.29 is 8.42 Å². The average Bonchev–Trinajstić information content (AvgIpc) is 2.61. The van der Waals surface area contributed by atoms with Gasteiger partial charge in [0, 0.05) is 5.02 Å². The molecule has 0 saturated carbocycles. The van der Waals surface area contributed by atoms with Crippen molar-refractivity contribution in [1.29, 1.82) is 0 Å². The number of hydrogen-bond acceptors (Lipinski definition) is 2. The topological polar surface area (TPSA) is 37.4 Å². The minimum atomic E-state index is -3.69. The van der Waals surface area contributed by atoms with Crippen LogP contribution < -0.4 is 4.31 Å². The predicted molar refractivity (Wildman–Crippen MR) is 97.7 cm³/mol. The van der Waals surface area contributed by atoms with Crippen LogP contribution in [0.25, 0.3) is 0 Å². The molecule has 0 aliphatic rings. The van der Waals surface area contributed by atoms with Gasteiger partial charge in [-0.15, -0.1) is 0 Å². The quantitative estimate of drug-likeness (QED) is 0.661. The molecule has 3 nitrogen and oxygen atoms in total. The number of sulfonamides is 1. The molecule has 122 valence electrons. The van der Waals surface area contributed by atoms with E-state index >= 15 is 0 Å². The maximum absolute atomic E-state index is 13.1. The van der Waals surface area contributed by atoms with Gasteiger partial charge >= 0.3 is 0 Å². The van der Waals surface area contributed by atoms with Crippen molar-refractivity contribution in [3.63, 3.8) is 0 Å². The van der Waals surface area contributed by atoms with Gasteiger partial charge < -0.3 is 0 Å². The van der Waals surface area contributed by atoms with Crippen molar-refractivity contribution in [3.8, 4) is 0 Å². The number of benzene rings is 3. The van der Waals surface area contributed by atoms with Crippen LogP contribution in [0.2, 0.25) is 5.02 Å². The second kappa shape index (κ2) is 7.07. The van der Waals surface area contributed by atoms with E-state index in [1.165, 1.54) is 4.31 Å². The highest BCUT2D eigenvalue weighted by atomic mass is 35.5. The molecule has 0 aromatic heterocycles. The second-order valence-electron chi connectivity index (χ2n) is 5.29. The van der Waals surface area contributed by atoms with Crippen LogP contribution in [0.5, 0.6) is 0 Å². The third-order valence-electron chi connectivity index (χ3n) is 3.60. The number of hydrogen-bond donors (Lipinski definition) is 0. The molecule has 0 spiro atoms. The minimum Gasteiger partial charge on any atom is -0.262 e. The molecule has 0 unspecified atom stereocenters. The Morgan fingerprint density at radius 3 is 2.04 bits per heavy atom. The van der Waals surface area contributed by atoms with Gasteiger partial charge in [-0.2, -0.15) is 0 Å². The summed E-state index contributed by atoms with van der Waals surface area (Å²) in [6.07, 6.45) is 0. The predicted octanol–water partition coefficient (Wildman–Crippen LogP) is 4.74. The highest BCUT2D eigenvalue weighted by Crippen LogP contribution is 2.27. The largest absolute Gasteiger partial charge is 0.264 e. The number of halogens is 1. The first kappa shape index (κ1) is 16.6. The van der Waals surface area contributed by atoms with Crippen molar-refractivity contribution in [1.82, 2.24) is 0 Å². The zero-order valence-corrected chi connectivity index (χ0v) is 14.4. The zero-order chi connectivity index (χ0) is 17.0. The number of nitrogens with zero attached hydrogens (tertiary/aromatic N) is 1. The summed E-state index contributed by atoms with van der Waals surface area (Å²) in [5.41, 5.74) is 1.44. The molecule has 3 aromatic rings. The molecule has 0 aliphatic carbocycles. The molecule has 24 heavy (non-hydrogen) atoms. The Kier molecular flexibility index (Phi) is 4.88. The summed E-state index contributed by atoms with van der Waals surface area (Å²) in [4.78, 5) is 0.251. The smallest absolute Gasteiger partial charge is 0.262 e. The van der Waals surface area contributed by atoms with E-state index in [0.717, 1.165) is 5.56 Å².